The molecule has 36 heavy (non-hydrogen) atoms. The van der Waals surface area contributed by atoms with Crippen molar-refractivity contribution in [1.29, 1.82) is 0 Å². The van der Waals surface area contributed by atoms with Gasteiger partial charge in [0, 0.05) is 35.8 Å². The predicted octanol–water partition coefficient (Wildman–Crippen LogP) is 3.91. The monoisotopic (exact) mass is 504 g/mol. The maximum absolute atomic E-state index is 12.7. The number of nitrogens with zero attached hydrogens (tertiary/aromatic N) is 2. The minimum absolute atomic E-state index is 0.262. The van der Waals surface area contributed by atoms with Crippen LogP contribution in [-0.4, -0.2) is 45.7 Å². The third-order valence-electron chi connectivity index (χ3n) is 6.60. The van der Waals surface area contributed by atoms with Gasteiger partial charge in [-0.15, -0.1) is 0 Å². The van der Waals surface area contributed by atoms with Crippen LogP contribution in [-0.2, 0) is 29.5 Å². The smallest absolute Gasteiger partial charge is 0.398 e. The largest absolute Gasteiger partial charge is 0.491 e. The van der Waals surface area contributed by atoms with Crippen molar-refractivity contribution in [3.8, 4) is 11.3 Å². The number of alkyl halides is 3. The van der Waals surface area contributed by atoms with Crippen LogP contribution < -0.4 is 11.3 Å². The molecule has 1 aliphatic rings. The maximum atomic E-state index is 12.7. The van der Waals surface area contributed by atoms with E-state index in [1.165, 1.54) is 19.3 Å². The molecular weight excluding hydrogens is 477 g/mol. The number of carbonyl (C=O) groups excluding carboxylic acids is 2. The Morgan fingerprint density at radius 2 is 1.83 bits per heavy atom. The van der Waals surface area contributed by atoms with E-state index in [0.29, 0.717) is 16.8 Å². The van der Waals surface area contributed by atoms with Crippen LogP contribution in [0, 0.1) is 0 Å². The standard InChI is InChI=1S/C25H27F3N4O4/c1-3-17-20(29)19(23(34)36-24(35)25(26,27)28)22(33)30-21(17)14-7-8-18-15(11-14)12-16(31(18)2)13-32-9-5-4-6-10-32/h7-8,11-12H,3-6,9-10,13H2,1-2H3,(H3,29,30,33). The van der Waals surface area contributed by atoms with Crippen molar-refractivity contribution in [2.75, 3.05) is 18.8 Å². The Hall–Kier alpha value is -3.60. The minimum atomic E-state index is -5.39. The van der Waals surface area contributed by atoms with E-state index < -0.39 is 29.2 Å². The summed E-state index contributed by atoms with van der Waals surface area (Å²) >= 11 is 0. The molecule has 8 nitrogen and oxygen atoms in total. The molecule has 1 fully saturated rings. The van der Waals surface area contributed by atoms with Gasteiger partial charge in [-0.05, 0) is 56.1 Å². The number of rotatable bonds is 5. The number of aromatic nitrogens is 2. The zero-order valence-corrected chi connectivity index (χ0v) is 20.0. The molecule has 0 atom stereocenters. The van der Waals surface area contributed by atoms with Crippen molar-refractivity contribution in [3.05, 3.63) is 51.4 Å². The predicted molar refractivity (Wildman–Crippen MR) is 128 cm³/mol. The lowest BCUT2D eigenvalue weighted by Crippen LogP contribution is -2.31. The van der Waals surface area contributed by atoms with Crippen LogP contribution in [0.4, 0.5) is 18.9 Å². The van der Waals surface area contributed by atoms with Crippen molar-refractivity contribution in [2.24, 2.45) is 7.05 Å². The summed E-state index contributed by atoms with van der Waals surface area (Å²) in [4.78, 5) is 40.9. The molecule has 192 valence electrons. The Morgan fingerprint density at radius 1 is 1.14 bits per heavy atom. The van der Waals surface area contributed by atoms with Gasteiger partial charge < -0.3 is 20.0 Å². The first-order valence-corrected chi connectivity index (χ1v) is 11.7. The van der Waals surface area contributed by atoms with E-state index in [9.17, 15) is 27.6 Å². The molecule has 0 aliphatic carbocycles. The van der Waals surface area contributed by atoms with Gasteiger partial charge in [0.15, 0.2) is 0 Å². The Kier molecular flexibility index (Phi) is 6.94. The van der Waals surface area contributed by atoms with E-state index in [1.54, 1.807) is 6.92 Å². The molecule has 11 heteroatoms. The molecule has 1 aliphatic heterocycles. The molecule has 0 amide bonds. The van der Waals surface area contributed by atoms with Crippen molar-refractivity contribution in [2.45, 2.75) is 45.3 Å². The summed E-state index contributed by atoms with van der Waals surface area (Å²) in [7, 11) is 2.00. The van der Waals surface area contributed by atoms with Crippen molar-refractivity contribution in [3.63, 3.8) is 0 Å². The highest BCUT2D eigenvalue weighted by atomic mass is 19.4. The number of likely N-dealkylation sites (tertiary alicyclic amines) is 1. The summed E-state index contributed by atoms with van der Waals surface area (Å²) in [5.41, 5.74) is 7.33. The molecule has 0 spiro atoms. The zero-order valence-electron chi connectivity index (χ0n) is 20.0. The fourth-order valence-electron chi connectivity index (χ4n) is 4.73. The highest BCUT2D eigenvalue weighted by Crippen LogP contribution is 2.31. The molecule has 3 aromatic rings. The number of halogens is 3. The van der Waals surface area contributed by atoms with E-state index >= 15 is 0 Å². The van der Waals surface area contributed by atoms with Gasteiger partial charge in [0.05, 0.1) is 11.4 Å². The molecule has 0 radical (unpaired) electrons. The van der Waals surface area contributed by atoms with Gasteiger partial charge in [-0.2, -0.15) is 13.2 Å². The Balaban J connectivity index is 1.71. The third-order valence-corrected chi connectivity index (χ3v) is 6.60. The zero-order chi connectivity index (χ0) is 26.2. The topological polar surface area (TPSA) is 110 Å². The average molecular weight is 505 g/mol. The van der Waals surface area contributed by atoms with Crippen LogP contribution in [0.15, 0.2) is 29.1 Å². The number of esters is 2. The number of hydrogen-bond donors (Lipinski definition) is 2. The average Bonchev–Trinajstić information content (AvgIpc) is 3.13. The molecule has 0 bridgehead atoms. The molecule has 1 saturated heterocycles. The van der Waals surface area contributed by atoms with E-state index in [-0.39, 0.29) is 12.1 Å². The first-order chi connectivity index (χ1) is 17.0. The number of fused-ring (bicyclic) bond motifs is 1. The summed E-state index contributed by atoms with van der Waals surface area (Å²) < 4.78 is 43.5. The second-order valence-electron chi connectivity index (χ2n) is 8.93. The van der Waals surface area contributed by atoms with Gasteiger partial charge >= 0.3 is 18.1 Å². The maximum Gasteiger partial charge on any atom is 0.491 e. The first-order valence-electron chi connectivity index (χ1n) is 11.7. The van der Waals surface area contributed by atoms with Crippen LogP contribution in [0.1, 0.15) is 47.8 Å². The number of nitrogen functional groups attached to an aromatic ring is 1. The number of H-pyrrole nitrogens is 1. The van der Waals surface area contributed by atoms with Crippen molar-refractivity contribution < 1.29 is 27.5 Å². The number of nitrogens with one attached hydrogen (secondary N) is 1. The molecule has 3 N–H and O–H groups in total. The van der Waals surface area contributed by atoms with Crippen LogP contribution in [0.5, 0.6) is 0 Å². The Labute approximate surface area is 204 Å². The van der Waals surface area contributed by atoms with Gasteiger partial charge in [-0.3, -0.25) is 9.69 Å². The number of nitrogens with two attached hydrogens (primary N) is 1. The van der Waals surface area contributed by atoms with Crippen molar-refractivity contribution >= 4 is 28.5 Å². The molecule has 0 unspecified atom stereocenters. The van der Waals surface area contributed by atoms with E-state index in [0.717, 1.165) is 36.2 Å². The third kappa shape index (κ3) is 4.88. The Morgan fingerprint density at radius 3 is 2.47 bits per heavy atom. The summed E-state index contributed by atoms with van der Waals surface area (Å²) in [5, 5.41) is 0.947. The van der Waals surface area contributed by atoms with Gasteiger partial charge in [-0.1, -0.05) is 19.4 Å². The lowest BCUT2D eigenvalue weighted by Gasteiger charge is -2.26. The Bertz CT molecular complexity index is 1380. The first kappa shape index (κ1) is 25.5. The van der Waals surface area contributed by atoms with Crippen LogP contribution >= 0.6 is 0 Å². The quantitative estimate of drug-likeness (QED) is 0.403. The highest BCUT2D eigenvalue weighted by Gasteiger charge is 2.43. The minimum Gasteiger partial charge on any atom is -0.398 e. The molecule has 0 saturated carbocycles. The molecular formula is C25H27F3N4O4. The second kappa shape index (κ2) is 9.81. The van der Waals surface area contributed by atoms with Gasteiger partial charge in [0.25, 0.3) is 5.56 Å². The molecule has 2 aromatic heterocycles. The number of hydrogen-bond acceptors (Lipinski definition) is 6. The number of piperidine rings is 1. The lowest BCUT2D eigenvalue weighted by molar-refractivity contribution is -0.193. The van der Waals surface area contributed by atoms with E-state index in [4.69, 9.17) is 5.73 Å². The normalized spacial score (nSPS) is 14.8. The van der Waals surface area contributed by atoms with Crippen LogP contribution in [0.25, 0.3) is 22.2 Å². The number of ether oxygens (including phenoxy) is 1. The van der Waals surface area contributed by atoms with Crippen molar-refractivity contribution in [1.82, 2.24) is 14.5 Å². The van der Waals surface area contributed by atoms with Crippen LogP contribution in [0.2, 0.25) is 0 Å². The number of carbonyl (C=O) groups is 2. The van der Waals surface area contributed by atoms with E-state index in [1.807, 2.05) is 25.2 Å². The number of aromatic amines is 1. The summed E-state index contributed by atoms with van der Waals surface area (Å²) in [5.74, 6) is -4.47. The fraction of sp³-hybridized carbons (Fsp3) is 0.400. The number of aryl methyl sites for hydroxylation is 1. The number of benzene rings is 1. The molecule has 4 rings (SSSR count). The molecule has 3 heterocycles. The summed E-state index contributed by atoms with van der Waals surface area (Å²) in [6, 6.07) is 7.71. The molecule has 1 aromatic carbocycles. The fourth-order valence-corrected chi connectivity index (χ4v) is 4.73. The van der Waals surface area contributed by atoms with Gasteiger partial charge in [-0.25, -0.2) is 9.59 Å². The summed E-state index contributed by atoms with van der Waals surface area (Å²) in [6.07, 6.45) is -1.49. The SMILES string of the molecule is CCc1c(-c2ccc3c(c2)cc(CN2CCCCC2)n3C)[nH]c(=O)c(C(=O)OC(=O)C(F)(F)F)c1N. The lowest BCUT2D eigenvalue weighted by atomic mass is 9.99. The van der Waals surface area contributed by atoms with Gasteiger partial charge in [0.1, 0.15) is 5.56 Å². The second-order valence-corrected chi connectivity index (χ2v) is 8.93. The van der Waals surface area contributed by atoms with E-state index in [2.05, 4.69) is 25.3 Å². The number of pyridine rings is 1. The highest BCUT2D eigenvalue weighted by molar-refractivity contribution is 6.02. The number of anilines is 1. The summed E-state index contributed by atoms with van der Waals surface area (Å²) in [6.45, 7) is 4.69. The van der Waals surface area contributed by atoms with Crippen LogP contribution in [0.3, 0.4) is 0 Å². The van der Waals surface area contributed by atoms with Gasteiger partial charge in [0.2, 0.25) is 0 Å².